The molecule has 2 saturated heterocycles. The van der Waals surface area contributed by atoms with Crippen molar-refractivity contribution in [1.82, 2.24) is 0 Å². The van der Waals surface area contributed by atoms with Gasteiger partial charge in [-0.25, -0.2) is 9.59 Å². The van der Waals surface area contributed by atoms with Crippen molar-refractivity contribution in [2.24, 2.45) is 11.8 Å². The molecule has 0 amide bonds. The van der Waals surface area contributed by atoms with Gasteiger partial charge in [-0.15, -0.1) is 0 Å². The van der Waals surface area contributed by atoms with E-state index in [-0.39, 0.29) is 0 Å². The summed E-state index contributed by atoms with van der Waals surface area (Å²) in [5.41, 5.74) is 0. The van der Waals surface area contributed by atoms with Crippen LogP contribution in [0, 0.1) is 11.8 Å². The molecule has 2 rings (SSSR count). The summed E-state index contributed by atoms with van der Waals surface area (Å²) in [6.45, 7) is 0. The average molecular weight is 240 g/mol. The molecule has 0 spiro atoms. The van der Waals surface area contributed by atoms with Crippen LogP contribution in [0.5, 0.6) is 0 Å². The molecule has 0 aromatic heterocycles. The van der Waals surface area contributed by atoms with E-state index in [1.54, 1.807) is 0 Å². The molecule has 8 heteroatoms. The second-order valence-corrected chi connectivity index (χ2v) is 3.49. The lowest BCUT2D eigenvalue weighted by Crippen LogP contribution is -2.26. The standard InChI is InChI=1S/C9H4O8/c10-4-2(6(12)16-8(4)14)1-3-5(11)9(15)17-7(3)13/h2-3H,1H2. The van der Waals surface area contributed by atoms with E-state index in [4.69, 9.17) is 0 Å². The minimum absolute atomic E-state index is 0.577. The van der Waals surface area contributed by atoms with Gasteiger partial charge in [-0.05, 0) is 6.42 Å². The normalized spacial score (nSPS) is 28.7. The zero-order valence-corrected chi connectivity index (χ0v) is 8.13. The first-order valence-corrected chi connectivity index (χ1v) is 4.51. The molecule has 0 N–H and O–H groups in total. The Morgan fingerprint density at radius 1 is 0.706 bits per heavy atom. The number of ether oxygens (including phenoxy) is 2. The monoisotopic (exact) mass is 240 g/mol. The number of ketones is 2. The lowest BCUT2D eigenvalue weighted by atomic mass is 9.91. The summed E-state index contributed by atoms with van der Waals surface area (Å²) in [6, 6.07) is 0. The Kier molecular flexibility index (Phi) is 2.34. The molecule has 0 aromatic rings. The Morgan fingerprint density at radius 3 is 1.29 bits per heavy atom. The molecule has 2 atom stereocenters. The number of rotatable bonds is 2. The molecule has 8 nitrogen and oxygen atoms in total. The van der Waals surface area contributed by atoms with Gasteiger partial charge in [0.15, 0.2) is 0 Å². The van der Waals surface area contributed by atoms with Crippen LogP contribution in [0.1, 0.15) is 6.42 Å². The quantitative estimate of drug-likeness (QED) is 0.306. The maximum Gasteiger partial charge on any atom is 0.383 e. The van der Waals surface area contributed by atoms with Gasteiger partial charge in [0.2, 0.25) is 0 Å². The first-order chi connectivity index (χ1) is 7.91. The summed E-state index contributed by atoms with van der Waals surface area (Å²) < 4.78 is 8.04. The van der Waals surface area contributed by atoms with E-state index < -0.39 is 53.7 Å². The average Bonchev–Trinajstić information content (AvgIpc) is 2.62. The van der Waals surface area contributed by atoms with Crippen molar-refractivity contribution in [2.75, 3.05) is 0 Å². The largest absolute Gasteiger partial charge is 0.387 e. The van der Waals surface area contributed by atoms with E-state index in [1.807, 2.05) is 0 Å². The molecule has 0 radical (unpaired) electrons. The van der Waals surface area contributed by atoms with Crippen molar-refractivity contribution in [2.45, 2.75) is 6.42 Å². The third-order valence-electron chi connectivity index (χ3n) is 2.46. The molecular weight excluding hydrogens is 236 g/mol. The maximum atomic E-state index is 11.2. The number of carbonyl (C=O) groups is 6. The Labute approximate surface area is 92.8 Å². The van der Waals surface area contributed by atoms with Crippen LogP contribution in [0.15, 0.2) is 0 Å². The summed E-state index contributed by atoms with van der Waals surface area (Å²) in [5, 5.41) is 0. The van der Waals surface area contributed by atoms with E-state index in [9.17, 15) is 28.8 Å². The number of esters is 4. The third-order valence-corrected chi connectivity index (χ3v) is 2.46. The van der Waals surface area contributed by atoms with Crippen LogP contribution >= 0.6 is 0 Å². The van der Waals surface area contributed by atoms with Crippen LogP contribution < -0.4 is 0 Å². The molecule has 0 saturated carbocycles. The lowest BCUT2D eigenvalue weighted by molar-refractivity contribution is -0.155. The van der Waals surface area contributed by atoms with Crippen molar-refractivity contribution in [3.8, 4) is 0 Å². The molecule has 88 valence electrons. The van der Waals surface area contributed by atoms with Crippen LogP contribution in [0.3, 0.4) is 0 Å². The fraction of sp³-hybridized carbons (Fsp3) is 0.333. The second-order valence-electron chi connectivity index (χ2n) is 3.49. The van der Waals surface area contributed by atoms with Crippen molar-refractivity contribution in [3.05, 3.63) is 0 Å². The number of carbonyl (C=O) groups excluding carboxylic acids is 6. The highest BCUT2D eigenvalue weighted by molar-refractivity contribution is 6.46. The van der Waals surface area contributed by atoms with Gasteiger partial charge in [0, 0.05) is 0 Å². The Morgan fingerprint density at radius 2 is 1.06 bits per heavy atom. The highest BCUT2D eigenvalue weighted by Gasteiger charge is 2.50. The van der Waals surface area contributed by atoms with Gasteiger partial charge >= 0.3 is 23.9 Å². The summed E-state index contributed by atoms with van der Waals surface area (Å²) >= 11 is 0. The number of Topliss-reactive ketones (excluding diaryl/α,β-unsaturated/α-hetero) is 2. The minimum atomic E-state index is -1.52. The molecule has 2 aliphatic rings. The SMILES string of the molecule is O=C1OC(=O)C(CC2C(=O)OC(=O)C2=O)C1=O. The van der Waals surface area contributed by atoms with Gasteiger partial charge in [0.1, 0.15) is 11.8 Å². The zero-order chi connectivity index (χ0) is 12.7. The van der Waals surface area contributed by atoms with E-state index in [0.29, 0.717) is 0 Å². The van der Waals surface area contributed by atoms with Crippen LogP contribution in [0.4, 0.5) is 0 Å². The highest BCUT2D eigenvalue weighted by Crippen LogP contribution is 2.25. The number of cyclic esters (lactones) is 4. The fourth-order valence-electron chi connectivity index (χ4n) is 1.57. The van der Waals surface area contributed by atoms with E-state index >= 15 is 0 Å². The lowest BCUT2D eigenvalue weighted by Gasteiger charge is -2.04. The molecule has 0 aromatic carbocycles. The molecule has 17 heavy (non-hydrogen) atoms. The Hall–Kier alpha value is -2.38. The zero-order valence-electron chi connectivity index (χ0n) is 8.13. The van der Waals surface area contributed by atoms with E-state index in [0.717, 1.165) is 0 Å². The summed E-state index contributed by atoms with van der Waals surface area (Å²) in [5.74, 6) is -10.2. The Balaban J connectivity index is 2.17. The van der Waals surface area contributed by atoms with Crippen LogP contribution in [0.2, 0.25) is 0 Å². The van der Waals surface area contributed by atoms with Crippen molar-refractivity contribution >= 4 is 35.4 Å². The highest BCUT2D eigenvalue weighted by atomic mass is 16.6. The molecule has 2 unspecified atom stereocenters. The van der Waals surface area contributed by atoms with E-state index in [2.05, 4.69) is 9.47 Å². The van der Waals surface area contributed by atoms with Gasteiger partial charge in [-0.3, -0.25) is 19.2 Å². The smallest absolute Gasteiger partial charge is 0.383 e. The first kappa shape index (κ1) is 11.1. The maximum absolute atomic E-state index is 11.2. The van der Waals surface area contributed by atoms with Gasteiger partial charge in [0.25, 0.3) is 11.6 Å². The molecule has 2 heterocycles. The van der Waals surface area contributed by atoms with Crippen LogP contribution in [0.25, 0.3) is 0 Å². The van der Waals surface area contributed by atoms with Gasteiger partial charge in [-0.2, -0.15) is 0 Å². The van der Waals surface area contributed by atoms with Crippen molar-refractivity contribution in [3.63, 3.8) is 0 Å². The van der Waals surface area contributed by atoms with Gasteiger partial charge in [-0.1, -0.05) is 0 Å². The van der Waals surface area contributed by atoms with Crippen LogP contribution in [-0.4, -0.2) is 35.4 Å². The summed E-state index contributed by atoms with van der Waals surface area (Å²) in [4.78, 5) is 65.9. The minimum Gasteiger partial charge on any atom is -0.387 e. The van der Waals surface area contributed by atoms with Gasteiger partial charge < -0.3 is 9.47 Å². The van der Waals surface area contributed by atoms with Crippen molar-refractivity contribution in [1.29, 1.82) is 0 Å². The Bertz CT molecular complexity index is 443. The number of hydrogen-bond donors (Lipinski definition) is 0. The van der Waals surface area contributed by atoms with Gasteiger partial charge in [0.05, 0.1) is 0 Å². The summed E-state index contributed by atoms with van der Waals surface area (Å²) in [6.07, 6.45) is -0.577. The molecule has 2 fully saturated rings. The molecular formula is C9H4O8. The predicted molar refractivity (Wildman–Crippen MR) is 43.8 cm³/mol. The van der Waals surface area contributed by atoms with Crippen LogP contribution in [-0.2, 0) is 38.2 Å². The topological polar surface area (TPSA) is 121 Å². The molecule has 2 aliphatic heterocycles. The van der Waals surface area contributed by atoms with Crippen molar-refractivity contribution < 1.29 is 38.2 Å². The third kappa shape index (κ3) is 1.63. The predicted octanol–water partition coefficient (Wildman–Crippen LogP) is -2.09. The second kappa shape index (κ2) is 3.58. The summed E-state index contributed by atoms with van der Waals surface area (Å²) in [7, 11) is 0. The van der Waals surface area contributed by atoms with E-state index in [1.165, 1.54) is 0 Å². The molecule has 0 bridgehead atoms. The fourth-order valence-corrected chi connectivity index (χ4v) is 1.57. The number of hydrogen-bond acceptors (Lipinski definition) is 8. The molecule has 0 aliphatic carbocycles. The first-order valence-electron chi connectivity index (χ1n) is 4.51.